The van der Waals surface area contributed by atoms with E-state index in [-0.39, 0.29) is 6.61 Å². The molecule has 0 radical (unpaired) electrons. The van der Waals surface area contributed by atoms with Crippen molar-refractivity contribution in [3.05, 3.63) is 18.4 Å². The molecule has 0 saturated carbocycles. The van der Waals surface area contributed by atoms with E-state index < -0.39 is 5.79 Å². The number of hydrogen-bond donors (Lipinski definition) is 1. The first-order valence-electron chi connectivity index (χ1n) is 4.66. The number of oxazole rings is 1. The summed E-state index contributed by atoms with van der Waals surface area (Å²) in [6, 6.07) is 0. The van der Waals surface area contributed by atoms with Crippen LogP contribution in [0.4, 0.5) is 0 Å². The molecular formula is C9H13NO4. The van der Waals surface area contributed by atoms with E-state index in [1.807, 2.05) is 0 Å². The van der Waals surface area contributed by atoms with E-state index in [1.54, 1.807) is 6.20 Å². The van der Waals surface area contributed by atoms with Gasteiger partial charge in [0.2, 0.25) is 5.79 Å². The first kappa shape index (κ1) is 9.64. The fourth-order valence-corrected chi connectivity index (χ4v) is 1.55. The zero-order valence-electron chi connectivity index (χ0n) is 7.81. The molecule has 2 rings (SSSR count). The van der Waals surface area contributed by atoms with Gasteiger partial charge >= 0.3 is 0 Å². The average molecular weight is 199 g/mol. The van der Waals surface area contributed by atoms with Gasteiger partial charge in [-0.3, -0.25) is 0 Å². The summed E-state index contributed by atoms with van der Waals surface area (Å²) in [7, 11) is 0. The SMILES string of the molecule is OCCCC1(c2ncco2)OCCO1. The molecule has 0 atom stereocenters. The van der Waals surface area contributed by atoms with Gasteiger partial charge in [-0.1, -0.05) is 0 Å². The number of aliphatic hydroxyl groups excluding tert-OH is 1. The van der Waals surface area contributed by atoms with Crippen LogP contribution in [0.5, 0.6) is 0 Å². The minimum atomic E-state index is -0.869. The Morgan fingerprint density at radius 3 is 2.79 bits per heavy atom. The van der Waals surface area contributed by atoms with Crippen LogP contribution in [-0.2, 0) is 15.3 Å². The molecule has 1 N–H and O–H groups in total. The van der Waals surface area contributed by atoms with Crippen LogP contribution in [0.25, 0.3) is 0 Å². The second-order valence-electron chi connectivity index (χ2n) is 3.11. The maximum absolute atomic E-state index is 8.78. The van der Waals surface area contributed by atoms with Crippen molar-refractivity contribution in [1.29, 1.82) is 0 Å². The highest BCUT2D eigenvalue weighted by Gasteiger charge is 2.42. The van der Waals surface area contributed by atoms with Crippen molar-refractivity contribution < 1.29 is 19.0 Å². The third kappa shape index (κ3) is 1.66. The summed E-state index contributed by atoms with van der Waals surface area (Å²) in [4.78, 5) is 4.03. The van der Waals surface area contributed by atoms with Crippen molar-refractivity contribution in [2.24, 2.45) is 0 Å². The Morgan fingerprint density at radius 2 is 2.21 bits per heavy atom. The number of aromatic nitrogens is 1. The Labute approximate surface area is 81.7 Å². The van der Waals surface area contributed by atoms with E-state index in [0.717, 1.165) is 0 Å². The van der Waals surface area contributed by atoms with Crippen LogP contribution in [0, 0.1) is 0 Å². The number of nitrogens with zero attached hydrogens (tertiary/aromatic N) is 1. The van der Waals surface area contributed by atoms with E-state index >= 15 is 0 Å². The Balaban J connectivity index is 2.14. The van der Waals surface area contributed by atoms with Gasteiger partial charge in [0.15, 0.2) is 0 Å². The highest BCUT2D eigenvalue weighted by molar-refractivity contribution is 4.94. The van der Waals surface area contributed by atoms with Crippen LogP contribution in [-0.4, -0.2) is 29.9 Å². The van der Waals surface area contributed by atoms with E-state index in [1.165, 1.54) is 6.26 Å². The summed E-state index contributed by atoms with van der Waals surface area (Å²) in [5, 5.41) is 8.78. The minimum Gasteiger partial charge on any atom is -0.444 e. The molecular weight excluding hydrogens is 186 g/mol. The van der Waals surface area contributed by atoms with Crippen molar-refractivity contribution >= 4 is 0 Å². The van der Waals surface area contributed by atoms with Gasteiger partial charge in [-0.25, -0.2) is 4.98 Å². The second-order valence-corrected chi connectivity index (χ2v) is 3.11. The lowest BCUT2D eigenvalue weighted by atomic mass is 10.1. The highest BCUT2D eigenvalue weighted by atomic mass is 16.7. The first-order valence-corrected chi connectivity index (χ1v) is 4.66. The first-order chi connectivity index (χ1) is 6.87. The van der Waals surface area contributed by atoms with Crippen LogP contribution in [0.3, 0.4) is 0 Å². The Bertz CT molecular complexity index is 266. The molecule has 1 aliphatic heterocycles. The zero-order chi connectivity index (χ0) is 9.86. The zero-order valence-corrected chi connectivity index (χ0v) is 7.81. The van der Waals surface area contributed by atoms with Gasteiger partial charge < -0.3 is 19.0 Å². The van der Waals surface area contributed by atoms with Gasteiger partial charge in [-0.2, -0.15) is 0 Å². The van der Waals surface area contributed by atoms with Crippen LogP contribution in [0.1, 0.15) is 18.7 Å². The summed E-state index contributed by atoms with van der Waals surface area (Å²) in [6.45, 7) is 1.18. The average Bonchev–Trinajstić information content (AvgIpc) is 2.86. The maximum Gasteiger partial charge on any atom is 0.255 e. The third-order valence-electron chi connectivity index (χ3n) is 2.18. The quantitative estimate of drug-likeness (QED) is 0.771. The summed E-state index contributed by atoms with van der Waals surface area (Å²) < 4.78 is 16.2. The molecule has 1 aliphatic rings. The molecule has 0 aliphatic carbocycles. The molecule has 1 fully saturated rings. The van der Waals surface area contributed by atoms with Gasteiger partial charge in [-0.05, 0) is 6.42 Å². The van der Waals surface area contributed by atoms with E-state index in [4.69, 9.17) is 19.0 Å². The third-order valence-corrected chi connectivity index (χ3v) is 2.18. The van der Waals surface area contributed by atoms with Gasteiger partial charge in [0, 0.05) is 13.0 Å². The number of ether oxygens (including phenoxy) is 2. The number of aliphatic hydroxyl groups is 1. The minimum absolute atomic E-state index is 0.106. The summed E-state index contributed by atoms with van der Waals surface area (Å²) in [6.07, 6.45) is 4.20. The molecule has 1 saturated heterocycles. The second kappa shape index (κ2) is 4.08. The fourth-order valence-electron chi connectivity index (χ4n) is 1.55. The Morgan fingerprint density at radius 1 is 1.43 bits per heavy atom. The largest absolute Gasteiger partial charge is 0.444 e. The van der Waals surface area contributed by atoms with Crippen LogP contribution in [0.15, 0.2) is 16.9 Å². The summed E-state index contributed by atoms with van der Waals surface area (Å²) >= 11 is 0. The molecule has 2 heterocycles. The highest BCUT2D eigenvalue weighted by Crippen LogP contribution is 2.34. The lowest BCUT2D eigenvalue weighted by molar-refractivity contribution is -0.188. The van der Waals surface area contributed by atoms with Crippen molar-refractivity contribution in [2.75, 3.05) is 19.8 Å². The van der Waals surface area contributed by atoms with E-state index in [9.17, 15) is 0 Å². The van der Waals surface area contributed by atoms with E-state index in [0.29, 0.717) is 31.9 Å². The van der Waals surface area contributed by atoms with Gasteiger partial charge in [0.1, 0.15) is 6.26 Å². The monoisotopic (exact) mass is 199 g/mol. The molecule has 0 aromatic carbocycles. The van der Waals surface area contributed by atoms with Crippen LogP contribution >= 0.6 is 0 Å². The fraction of sp³-hybridized carbons (Fsp3) is 0.667. The molecule has 0 spiro atoms. The van der Waals surface area contributed by atoms with E-state index in [2.05, 4.69) is 4.98 Å². The van der Waals surface area contributed by atoms with Crippen molar-refractivity contribution in [2.45, 2.75) is 18.6 Å². The molecule has 0 bridgehead atoms. The molecule has 1 aromatic heterocycles. The summed E-state index contributed by atoms with van der Waals surface area (Å²) in [5.41, 5.74) is 0. The molecule has 0 unspecified atom stereocenters. The predicted octanol–water partition coefficient (Wildman–Crippen LogP) is 0.647. The van der Waals surface area contributed by atoms with Gasteiger partial charge in [0.25, 0.3) is 5.89 Å². The smallest absolute Gasteiger partial charge is 0.255 e. The molecule has 5 heteroatoms. The lowest BCUT2D eigenvalue weighted by Crippen LogP contribution is -2.27. The van der Waals surface area contributed by atoms with Crippen LogP contribution < -0.4 is 0 Å². The van der Waals surface area contributed by atoms with Crippen molar-refractivity contribution in [3.8, 4) is 0 Å². The topological polar surface area (TPSA) is 64.7 Å². The predicted molar refractivity (Wildman–Crippen MR) is 46.4 cm³/mol. The van der Waals surface area contributed by atoms with Crippen molar-refractivity contribution in [3.63, 3.8) is 0 Å². The van der Waals surface area contributed by atoms with Crippen molar-refractivity contribution in [1.82, 2.24) is 4.98 Å². The maximum atomic E-state index is 8.78. The molecule has 0 amide bonds. The Hall–Kier alpha value is -0.910. The standard InChI is InChI=1S/C9H13NO4/c11-4-1-2-9(13-6-7-14-9)8-10-3-5-12-8/h3,5,11H,1-2,4,6-7H2. The lowest BCUT2D eigenvalue weighted by Gasteiger charge is -2.22. The Kier molecular flexibility index (Phi) is 2.81. The summed E-state index contributed by atoms with van der Waals surface area (Å²) in [5.74, 6) is -0.435. The van der Waals surface area contributed by atoms with Gasteiger partial charge in [0.05, 0.1) is 19.4 Å². The number of hydrogen-bond acceptors (Lipinski definition) is 5. The molecule has 78 valence electrons. The molecule has 5 nitrogen and oxygen atoms in total. The molecule has 14 heavy (non-hydrogen) atoms. The molecule has 1 aromatic rings. The normalized spacial score (nSPS) is 20.1. The van der Waals surface area contributed by atoms with Gasteiger partial charge in [-0.15, -0.1) is 0 Å². The van der Waals surface area contributed by atoms with Crippen LogP contribution in [0.2, 0.25) is 0 Å². The number of rotatable bonds is 4.